The fourth-order valence-electron chi connectivity index (χ4n) is 2.42. The first-order chi connectivity index (χ1) is 9.56. The lowest BCUT2D eigenvalue weighted by molar-refractivity contribution is 0.0914. The second-order valence-corrected chi connectivity index (χ2v) is 5.74. The minimum atomic E-state index is -0.0280. The smallest absolute Gasteiger partial charge is 0.251 e. The predicted octanol–water partition coefficient (Wildman–Crippen LogP) is 2.20. The van der Waals surface area contributed by atoms with Crippen molar-refractivity contribution in [2.75, 3.05) is 13.1 Å². The first kappa shape index (κ1) is 14.9. The Bertz CT molecular complexity index is 460. The summed E-state index contributed by atoms with van der Waals surface area (Å²) in [4.78, 5) is 12.3. The lowest BCUT2D eigenvalue weighted by atomic mass is 9.94. The summed E-state index contributed by atoms with van der Waals surface area (Å²) in [7, 11) is 0. The molecule has 20 heavy (non-hydrogen) atoms. The summed E-state index contributed by atoms with van der Waals surface area (Å²) < 4.78 is 5.62. The summed E-state index contributed by atoms with van der Waals surface area (Å²) in [6, 6.07) is 7.56. The predicted molar refractivity (Wildman–Crippen MR) is 80.1 cm³/mol. The maximum Gasteiger partial charge on any atom is 0.251 e. The van der Waals surface area contributed by atoms with Crippen LogP contribution in [0.2, 0.25) is 0 Å². The van der Waals surface area contributed by atoms with Gasteiger partial charge in [0, 0.05) is 18.2 Å². The molecule has 0 aliphatic carbocycles. The molecule has 2 unspecified atom stereocenters. The third-order valence-corrected chi connectivity index (χ3v) is 3.61. The third kappa shape index (κ3) is 3.97. The molecule has 0 radical (unpaired) electrons. The quantitative estimate of drug-likeness (QED) is 0.886. The van der Waals surface area contributed by atoms with Crippen LogP contribution in [0.25, 0.3) is 0 Å². The van der Waals surface area contributed by atoms with E-state index in [4.69, 9.17) is 4.74 Å². The van der Waals surface area contributed by atoms with E-state index in [-0.39, 0.29) is 18.1 Å². The second-order valence-electron chi connectivity index (χ2n) is 5.74. The van der Waals surface area contributed by atoms with Gasteiger partial charge in [-0.05, 0) is 50.9 Å². The molecule has 1 aromatic carbocycles. The van der Waals surface area contributed by atoms with Crippen molar-refractivity contribution in [2.45, 2.75) is 39.3 Å². The lowest BCUT2D eigenvalue weighted by Crippen LogP contribution is -2.50. The molecular formula is C16H24N2O2. The molecule has 1 amide bonds. The van der Waals surface area contributed by atoms with Crippen LogP contribution in [0.5, 0.6) is 5.75 Å². The van der Waals surface area contributed by atoms with Gasteiger partial charge in [-0.2, -0.15) is 0 Å². The van der Waals surface area contributed by atoms with Gasteiger partial charge < -0.3 is 15.4 Å². The maximum atomic E-state index is 12.3. The van der Waals surface area contributed by atoms with Crippen LogP contribution < -0.4 is 15.4 Å². The van der Waals surface area contributed by atoms with E-state index in [9.17, 15) is 4.79 Å². The summed E-state index contributed by atoms with van der Waals surface area (Å²) in [6.45, 7) is 8.01. The molecule has 1 heterocycles. The number of carbonyl (C=O) groups is 1. The molecule has 4 nitrogen and oxygen atoms in total. The molecule has 0 spiro atoms. The van der Waals surface area contributed by atoms with Crippen LogP contribution in [0, 0.1) is 5.92 Å². The van der Waals surface area contributed by atoms with Gasteiger partial charge in [-0.25, -0.2) is 0 Å². The highest BCUT2D eigenvalue weighted by atomic mass is 16.5. The lowest BCUT2D eigenvalue weighted by Gasteiger charge is -2.30. The zero-order chi connectivity index (χ0) is 14.5. The van der Waals surface area contributed by atoms with E-state index in [1.807, 2.05) is 32.0 Å². The van der Waals surface area contributed by atoms with Gasteiger partial charge in [0.25, 0.3) is 5.91 Å². The topological polar surface area (TPSA) is 50.4 Å². The number of hydrogen-bond donors (Lipinski definition) is 2. The normalized spacial score (nSPS) is 22.6. The van der Waals surface area contributed by atoms with E-state index in [2.05, 4.69) is 17.6 Å². The number of amides is 1. The molecular weight excluding hydrogens is 252 g/mol. The number of piperidine rings is 1. The van der Waals surface area contributed by atoms with E-state index in [0.29, 0.717) is 11.5 Å². The highest BCUT2D eigenvalue weighted by molar-refractivity contribution is 5.94. The van der Waals surface area contributed by atoms with Crippen LogP contribution in [-0.2, 0) is 0 Å². The molecule has 1 aliphatic heterocycles. The Balaban J connectivity index is 2.01. The molecule has 0 aromatic heterocycles. The SMILES string of the molecule is CC(C)Oc1cccc(C(=O)NC2CNCCC2C)c1. The van der Waals surface area contributed by atoms with Gasteiger partial charge in [-0.3, -0.25) is 4.79 Å². The number of benzene rings is 1. The minimum Gasteiger partial charge on any atom is -0.491 e. The van der Waals surface area contributed by atoms with Crippen molar-refractivity contribution in [3.8, 4) is 5.75 Å². The van der Waals surface area contributed by atoms with Crippen molar-refractivity contribution < 1.29 is 9.53 Å². The van der Waals surface area contributed by atoms with Crippen LogP contribution in [0.1, 0.15) is 37.6 Å². The number of rotatable bonds is 4. The van der Waals surface area contributed by atoms with Gasteiger partial charge in [0.2, 0.25) is 0 Å². The first-order valence-corrected chi connectivity index (χ1v) is 7.34. The van der Waals surface area contributed by atoms with Gasteiger partial charge in [0.05, 0.1) is 6.10 Å². The zero-order valence-corrected chi connectivity index (χ0v) is 12.5. The van der Waals surface area contributed by atoms with Crippen molar-refractivity contribution in [1.29, 1.82) is 0 Å². The number of nitrogens with one attached hydrogen (secondary N) is 2. The van der Waals surface area contributed by atoms with E-state index in [1.54, 1.807) is 6.07 Å². The van der Waals surface area contributed by atoms with Crippen molar-refractivity contribution >= 4 is 5.91 Å². The number of hydrogen-bond acceptors (Lipinski definition) is 3. The van der Waals surface area contributed by atoms with E-state index in [0.717, 1.165) is 25.3 Å². The summed E-state index contributed by atoms with van der Waals surface area (Å²) >= 11 is 0. The first-order valence-electron chi connectivity index (χ1n) is 7.34. The standard InChI is InChI=1S/C16H24N2O2/c1-11(2)20-14-6-4-5-13(9-14)16(19)18-15-10-17-8-7-12(15)3/h4-6,9,11-12,15,17H,7-8,10H2,1-3H3,(H,18,19). The number of carbonyl (C=O) groups excluding carboxylic acids is 1. The molecule has 0 saturated carbocycles. The van der Waals surface area contributed by atoms with Gasteiger partial charge in [-0.1, -0.05) is 13.0 Å². The highest BCUT2D eigenvalue weighted by Crippen LogP contribution is 2.16. The molecule has 1 aromatic rings. The Morgan fingerprint density at radius 3 is 2.95 bits per heavy atom. The molecule has 1 aliphatic rings. The molecule has 2 N–H and O–H groups in total. The molecule has 1 fully saturated rings. The van der Waals surface area contributed by atoms with Gasteiger partial charge in [-0.15, -0.1) is 0 Å². The summed E-state index contributed by atoms with van der Waals surface area (Å²) in [5.74, 6) is 1.22. The van der Waals surface area contributed by atoms with Gasteiger partial charge in [0.1, 0.15) is 5.75 Å². The van der Waals surface area contributed by atoms with Crippen LogP contribution in [-0.4, -0.2) is 31.1 Å². The molecule has 0 bridgehead atoms. The Kier molecular flexibility index (Phi) is 5.01. The third-order valence-electron chi connectivity index (χ3n) is 3.61. The second kappa shape index (κ2) is 6.75. The zero-order valence-electron chi connectivity index (χ0n) is 12.5. The highest BCUT2D eigenvalue weighted by Gasteiger charge is 2.23. The van der Waals surface area contributed by atoms with E-state index in [1.165, 1.54) is 0 Å². The summed E-state index contributed by atoms with van der Waals surface area (Å²) in [5, 5.41) is 6.43. The Labute approximate surface area is 120 Å². The van der Waals surface area contributed by atoms with Crippen LogP contribution >= 0.6 is 0 Å². The van der Waals surface area contributed by atoms with E-state index >= 15 is 0 Å². The van der Waals surface area contributed by atoms with Crippen molar-refractivity contribution in [3.05, 3.63) is 29.8 Å². The van der Waals surface area contributed by atoms with Gasteiger partial charge >= 0.3 is 0 Å². The van der Waals surface area contributed by atoms with Crippen LogP contribution in [0.4, 0.5) is 0 Å². The Hall–Kier alpha value is -1.55. The molecule has 1 saturated heterocycles. The molecule has 4 heteroatoms. The summed E-state index contributed by atoms with van der Waals surface area (Å²) in [5.41, 5.74) is 0.654. The number of ether oxygens (including phenoxy) is 1. The summed E-state index contributed by atoms with van der Waals surface area (Å²) in [6.07, 6.45) is 1.21. The Morgan fingerprint density at radius 2 is 2.25 bits per heavy atom. The fraction of sp³-hybridized carbons (Fsp3) is 0.562. The van der Waals surface area contributed by atoms with Crippen LogP contribution in [0.15, 0.2) is 24.3 Å². The van der Waals surface area contributed by atoms with Crippen LogP contribution in [0.3, 0.4) is 0 Å². The largest absolute Gasteiger partial charge is 0.491 e. The van der Waals surface area contributed by atoms with Crippen molar-refractivity contribution in [1.82, 2.24) is 10.6 Å². The minimum absolute atomic E-state index is 0.0280. The van der Waals surface area contributed by atoms with Crippen molar-refractivity contribution in [2.24, 2.45) is 5.92 Å². The monoisotopic (exact) mass is 276 g/mol. The van der Waals surface area contributed by atoms with Crippen molar-refractivity contribution in [3.63, 3.8) is 0 Å². The fourth-order valence-corrected chi connectivity index (χ4v) is 2.42. The van der Waals surface area contributed by atoms with E-state index < -0.39 is 0 Å². The van der Waals surface area contributed by atoms with Gasteiger partial charge in [0.15, 0.2) is 0 Å². The molecule has 2 rings (SSSR count). The molecule has 110 valence electrons. The average Bonchev–Trinajstić information content (AvgIpc) is 2.41. The maximum absolute atomic E-state index is 12.3. The Morgan fingerprint density at radius 1 is 1.45 bits per heavy atom. The average molecular weight is 276 g/mol. The molecule has 2 atom stereocenters.